The number of carbonyl (C=O) groups is 1. The minimum absolute atomic E-state index is 0.289. The summed E-state index contributed by atoms with van der Waals surface area (Å²) in [5.41, 5.74) is 2.09. The summed E-state index contributed by atoms with van der Waals surface area (Å²) in [6.07, 6.45) is 1.65. The number of aromatic amines is 1. The van der Waals surface area contributed by atoms with Crippen molar-refractivity contribution in [3.63, 3.8) is 0 Å². The van der Waals surface area contributed by atoms with Crippen LogP contribution in [0.15, 0.2) is 30.3 Å². The number of fused-ring (bicyclic) bond motifs is 1. The second-order valence-electron chi connectivity index (χ2n) is 5.41. The zero-order valence-electron chi connectivity index (χ0n) is 13.5. The summed E-state index contributed by atoms with van der Waals surface area (Å²) in [4.78, 5) is 18.0. The molecule has 3 rings (SSSR count). The highest BCUT2D eigenvalue weighted by Gasteiger charge is 2.12. The maximum atomic E-state index is 13.3. The van der Waals surface area contributed by atoms with Gasteiger partial charge in [0.05, 0.1) is 23.7 Å². The molecular formula is C18H10FI2N3O3. The van der Waals surface area contributed by atoms with Crippen molar-refractivity contribution in [1.29, 1.82) is 5.26 Å². The van der Waals surface area contributed by atoms with E-state index in [4.69, 9.17) is 9.84 Å². The first-order valence-corrected chi connectivity index (χ1v) is 9.64. The second-order valence-corrected chi connectivity index (χ2v) is 7.74. The highest BCUT2D eigenvalue weighted by Crippen LogP contribution is 2.30. The van der Waals surface area contributed by atoms with Crippen molar-refractivity contribution in [1.82, 2.24) is 9.97 Å². The Labute approximate surface area is 180 Å². The number of nitriles is 1. The predicted octanol–water partition coefficient (Wildman–Crippen LogP) is 4.44. The molecule has 0 atom stereocenters. The van der Waals surface area contributed by atoms with Gasteiger partial charge in [-0.2, -0.15) is 5.26 Å². The van der Waals surface area contributed by atoms with Gasteiger partial charge in [-0.1, -0.05) is 0 Å². The van der Waals surface area contributed by atoms with Gasteiger partial charge >= 0.3 is 5.97 Å². The molecule has 0 aliphatic carbocycles. The second kappa shape index (κ2) is 8.22. The number of carboxylic acids is 1. The van der Waals surface area contributed by atoms with Crippen LogP contribution in [0.1, 0.15) is 11.4 Å². The molecule has 0 fully saturated rings. The standard InChI is InChI=1S/C18H10FI2N3O3/c19-11-1-2-14-15(6-11)24-18(23-14)10(7-22)3-9-4-12(20)17(13(21)5-9)27-8-16(25)26/h1-6H,8H2,(H,23,24)(H,25,26)/b10-3-. The molecule has 0 spiro atoms. The van der Waals surface area contributed by atoms with Crippen LogP contribution in [0.25, 0.3) is 22.7 Å². The van der Waals surface area contributed by atoms with Crippen molar-refractivity contribution in [2.45, 2.75) is 0 Å². The Morgan fingerprint density at radius 2 is 2.04 bits per heavy atom. The van der Waals surface area contributed by atoms with Gasteiger partial charge in [0.2, 0.25) is 0 Å². The molecule has 0 bridgehead atoms. The first-order valence-electron chi connectivity index (χ1n) is 7.48. The van der Waals surface area contributed by atoms with E-state index in [-0.39, 0.29) is 11.4 Å². The van der Waals surface area contributed by atoms with Gasteiger partial charge in [0.15, 0.2) is 6.61 Å². The van der Waals surface area contributed by atoms with E-state index < -0.39 is 12.6 Å². The molecule has 1 aromatic heterocycles. The van der Waals surface area contributed by atoms with Gasteiger partial charge in [0.25, 0.3) is 0 Å². The van der Waals surface area contributed by atoms with E-state index >= 15 is 0 Å². The summed E-state index contributed by atoms with van der Waals surface area (Å²) in [6.45, 7) is -0.430. The molecule has 0 unspecified atom stereocenters. The third-order valence-corrected chi connectivity index (χ3v) is 5.09. The summed E-state index contributed by atoms with van der Waals surface area (Å²) in [7, 11) is 0. The summed E-state index contributed by atoms with van der Waals surface area (Å²) >= 11 is 4.09. The van der Waals surface area contributed by atoms with Crippen molar-refractivity contribution >= 4 is 73.8 Å². The molecule has 1 heterocycles. The van der Waals surface area contributed by atoms with Gasteiger partial charge in [-0.05, 0) is 87.2 Å². The number of imidazole rings is 1. The molecule has 9 heteroatoms. The number of hydrogen-bond donors (Lipinski definition) is 2. The molecule has 0 radical (unpaired) electrons. The summed E-state index contributed by atoms with van der Waals surface area (Å²) in [5.74, 6) is -0.623. The number of carboxylic acid groups (broad SMARTS) is 1. The number of halogens is 3. The molecule has 0 saturated carbocycles. The van der Waals surface area contributed by atoms with Gasteiger partial charge in [-0.3, -0.25) is 0 Å². The highest BCUT2D eigenvalue weighted by molar-refractivity contribution is 14.1. The zero-order valence-corrected chi connectivity index (χ0v) is 17.8. The van der Waals surface area contributed by atoms with Crippen LogP contribution in [0.3, 0.4) is 0 Å². The quantitative estimate of drug-likeness (QED) is 0.339. The molecule has 0 amide bonds. The van der Waals surface area contributed by atoms with E-state index in [1.54, 1.807) is 24.3 Å². The SMILES string of the molecule is N#C/C(=C/c1cc(I)c(OCC(=O)O)c(I)c1)c1nc2ccc(F)cc2[nH]1. The smallest absolute Gasteiger partial charge is 0.341 e. The fourth-order valence-electron chi connectivity index (χ4n) is 2.36. The molecule has 2 aromatic carbocycles. The maximum absolute atomic E-state index is 13.3. The maximum Gasteiger partial charge on any atom is 0.341 e. The monoisotopic (exact) mass is 589 g/mol. The first kappa shape index (κ1) is 19.6. The number of aliphatic carboxylic acids is 1. The number of benzene rings is 2. The summed E-state index contributed by atoms with van der Waals surface area (Å²) < 4.78 is 20.1. The number of allylic oxidation sites excluding steroid dienone is 1. The van der Waals surface area contributed by atoms with Crippen molar-refractivity contribution in [3.8, 4) is 11.8 Å². The topological polar surface area (TPSA) is 99.0 Å². The molecule has 0 aliphatic rings. The van der Waals surface area contributed by atoms with Crippen LogP contribution < -0.4 is 4.74 Å². The minimum atomic E-state index is -1.06. The largest absolute Gasteiger partial charge is 0.480 e. The van der Waals surface area contributed by atoms with Crippen molar-refractivity contribution in [2.24, 2.45) is 0 Å². The number of hydrogen-bond acceptors (Lipinski definition) is 4. The van der Waals surface area contributed by atoms with Crippen LogP contribution in [-0.2, 0) is 4.79 Å². The number of nitrogens with zero attached hydrogens (tertiary/aromatic N) is 2. The zero-order chi connectivity index (χ0) is 19.6. The molecule has 6 nitrogen and oxygen atoms in total. The number of ether oxygens (including phenoxy) is 1. The molecule has 0 saturated heterocycles. The molecular weight excluding hydrogens is 579 g/mol. The Morgan fingerprint density at radius 1 is 1.33 bits per heavy atom. The van der Waals surface area contributed by atoms with Crippen molar-refractivity contribution in [2.75, 3.05) is 6.61 Å². The van der Waals surface area contributed by atoms with Gasteiger partial charge in [-0.25, -0.2) is 14.2 Å². The van der Waals surface area contributed by atoms with E-state index in [0.717, 1.165) is 12.7 Å². The lowest BCUT2D eigenvalue weighted by Gasteiger charge is -2.09. The van der Waals surface area contributed by atoms with E-state index in [2.05, 4.69) is 16.0 Å². The Kier molecular flexibility index (Phi) is 5.95. The lowest BCUT2D eigenvalue weighted by molar-refractivity contribution is -0.139. The molecule has 2 N–H and O–H groups in total. The molecule has 0 aliphatic heterocycles. The van der Waals surface area contributed by atoms with Gasteiger partial charge in [-0.15, -0.1) is 0 Å². The van der Waals surface area contributed by atoms with Crippen LogP contribution >= 0.6 is 45.2 Å². The van der Waals surface area contributed by atoms with Crippen LogP contribution in [0.2, 0.25) is 0 Å². The highest BCUT2D eigenvalue weighted by atomic mass is 127. The number of nitrogens with one attached hydrogen (secondary N) is 1. The van der Waals surface area contributed by atoms with E-state index in [9.17, 15) is 14.4 Å². The molecule has 27 heavy (non-hydrogen) atoms. The molecule has 136 valence electrons. The number of rotatable bonds is 5. The third-order valence-electron chi connectivity index (χ3n) is 3.49. The Bertz CT molecular complexity index is 1100. The Balaban J connectivity index is 1.97. The fraction of sp³-hybridized carbons (Fsp3) is 0.0556. The van der Waals surface area contributed by atoms with Gasteiger partial charge in [0.1, 0.15) is 23.5 Å². The number of H-pyrrole nitrogens is 1. The Hall–Kier alpha value is -2.20. The summed E-state index contributed by atoms with van der Waals surface area (Å²) in [5, 5.41) is 18.3. The molecule has 3 aromatic rings. The summed E-state index contributed by atoms with van der Waals surface area (Å²) in [6, 6.07) is 9.82. The fourth-order valence-corrected chi connectivity index (χ4v) is 4.49. The average Bonchev–Trinajstić information content (AvgIpc) is 3.01. The van der Waals surface area contributed by atoms with Gasteiger partial charge in [0, 0.05) is 0 Å². The average molecular weight is 589 g/mol. The van der Waals surface area contributed by atoms with E-state index in [0.29, 0.717) is 22.6 Å². The van der Waals surface area contributed by atoms with Crippen LogP contribution in [0.5, 0.6) is 5.75 Å². The lowest BCUT2D eigenvalue weighted by Crippen LogP contribution is -2.11. The van der Waals surface area contributed by atoms with Crippen molar-refractivity contribution in [3.05, 3.63) is 54.7 Å². The van der Waals surface area contributed by atoms with E-state index in [1.807, 2.05) is 45.2 Å². The predicted molar refractivity (Wildman–Crippen MR) is 115 cm³/mol. The third kappa shape index (κ3) is 4.56. The lowest BCUT2D eigenvalue weighted by atomic mass is 10.1. The van der Waals surface area contributed by atoms with Crippen molar-refractivity contribution < 1.29 is 19.0 Å². The van der Waals surface area contributed by atoms with Gasteiger partial charge < -0.3 is 14.8 Å². The van der Waals surface area contributed by atoms with E-state index in [1.165, 1.54) is 12.1 Å². The first-order chi connectivity index (χ1) is 12.9. The van der Waals surface area contributed by atoms with Crippen LogP contribution in [-0.4, -0.2) is 27.7 Å². The number of aromatic nitrogens is 2. The van der Waals surface area contributed by atoms with Crippen LogP contribution in [0.4, 0.5) is 4.39 Å². The Morgan fingerprint density at radius 3 is 2.67 bits per heavy atom. The van der Waals surface area contributed by atoms with Crippen LogP contribution in [0, 0.1) is 24.3 Å². The normalized spacial score (nSPS) is 11.4. The minimum Gasteiger partial charge on any atom is -0.480 e.